The van der Waals surface area contributed by atoms with Gasteiger partial charge in [0, 0.05) is 55.2 Å². The first-order valence-corrected chi connectivity index (χ1v) is 16.0. The first-order chi connectivity index (χ1) is 23.7. The van der Waals surface area contributed by atoms with Crippen molar-refractivity contribution in [1.29, 1.82) is 0 Å². The van der Waals surface area contributed by atoms with Crippen LogP contribution in [-0.4, -0.2) is 20.7 Å². The monoisotopic (exact) mass is 616 g/mol. The summed E-state index contributed by atoms with van der Waals surface area (Å²) >= 11 is 0. The van der Waals surface area contributed by atoms with Gasteiger partial charge in [0.15, 0.2) is 11.6 Å². The highest BCUT2D eigenvalue weighted by Gasteiger charge is 2.21. The van der Waals surface area contributed by atoms with Crippen LogP contribution in [0, 0.1) is 0 Å². The Morgan fingerprint density at radius 1 is 0.312 bits per heavy atom. The van der Waals surface area contributed by atoms with Crippen LogP contribution in [0.15, 0.2) is 170 Å². The number of aromatic nitrogens is 2. The highest BCUT2D eigenvalue weighted by molar-refractivity contribution is 6.29. The Hall–Kier alpha value is -6.52. The van der Waals surface area contributed by atoms with Crippen LogP contribution in [0.1, 0.15) is 31.8 Å². The van der Waals surface area contributed by atoms with Crippen molar-refractivity contribution in [1.82, 2.24) is 9.13 Å². The van der Waals surface area contributed by atoms with Crippen molar-refractivity contribution in [3.05, 3.63) is 192 Å². The highest BCUT2D eigenvalue weighted by Crippen LogP contribution is 2.42. The third-order valence-electron chi connectivity index (χ3n) is 9.32. The second-order valence-corrected chi connectivity index (χ2v) is 12.0. The number of benzene rings is 7. The number of carbonyl (C=O) groups is 2. The summed E-state index contributed by atoms with van der Waals surface area (Å²) in [6.07, 6.45) is 0. The maximum Gasteiger partial charge on any atom is 0.193 e. The normalized spacial score (nSPS) is 11.5. The van der Waals surface area contributed by atoms with E-state index in [0.29, 0.717) is 22.3 Å². The summed E-state index contributed by atoms with van der Waals surface area (Å²) in [4.78, 5) is 26.3. The number of rotatable bonds is 6. The van der Waals surface area contributed by atoms with Gasteiger partial charge in [0.1, 0.15) is 0 Å². The summed E-state index contributed by atoms with van der Waals surface area (Å²) in [5.41, 5.74) is 9.05. The van der Waals surface area contributed by atoms with Crippen molar-refractivity contribution in [3.8, 4) is 11.4 Å². The van der Waals surface area contributed by atoms with Gasteiger partial charge in [0.2, 0.25) is 0 Å². The number of fused-ring (bicyclic) bond motifs is 7. The van der Waals surface area contributed by atoms with E-state index in [1.165, 1.54) is 10.8 Å². The van der Waals surface area contributed by atoms with Gasteiger partial charge in [-0.15, -0.1) is 0 Å². The molecule has 4 nitrogen and oxygen atoms in total. The molecule has 48 heavy (non-hydrogen) atoms. The predicted octanol–water partition coefficient (Wildman–Crippen LogP) is 10.3. The molecule has 4 heteroatoms. The quantitative estimate of drug-likeness (QED) is 0.175. The van der Waals surface area contributed by atoms with Gasteiger partial charge in [-0.1, -0.05) is 97.1 Å². The summed E-state index contributed by atoms with van der Waals surface area (Å²) in [6.45, 7) is 0. The van der Waals surface area contributed by atoms with Gasteiger partial charge in [0.25, 0.3) is 0 Å². The first kappa shape index (κ1) is 27.8. The van der Waals surface area contributed by atoms with E-state index >= 15 is 0 Å². The lowest BCUT2D eigenvalue weighted by Gasteiger charge is -2.10. The molecular formula is C44H28N2O2. The van der Waals surface area contributed by atoms with E-state index in [1.807, 2.05) is 109 Å². The average molecular weight is 617 g/mol. The zero-order chi connectivity index (χ0) is 32.2. The number of ketones is 2. The van der Waals surface area contributed by atoms with Crippen molar-refractivity contribution in [2.24, 2.45) is 0 Å². The van der Waals surface area contributed by atoms with Crippen molar-refractivity contribution in [2.75, 3.05) is 0 Å². The van der Waals surface area contributed by atoms with Crippen molar-refractivity contribution in [2.45, 2.75) is 0 Å². The van der Waals surface area contributed by atoms with Crippen LogP contribution in [0.25, 0.3) is 55.0 Å². The van der Waals surface area contributed by atoms with Crippen LogP contribution in [0.5, 0.6) is 0 Å². The number of para-hydroxylation sites is 2. The Morgan fingerprint density at radius 3 is 1.04 bits per heavy atom. The standard InChI is InChI=1S/C44H28N2O2/c47-43(29-11-3-1-4-12-29)31-19-23-33(24-20-31)45-37-17-9-7-15-35(37)41-39(45)27-28-40-42(41)36-16-8-10-18-38(36)46(40)34-25-21-32(22-26-34)44(48)30-13-5-2-6-14-30/h1-28H. The molecule has 0 amide bonds. The third-order valence-corrected chi connectivity index (χ3v) is 9.32. The van der Waals surface area contributed by atoms with Crippen LogP contribution >= 0.6 is 0 Å². The number of carbonyl (C=O) groups excluding carboxylic acids is 2. The Bertz CT molecular complexity index is 2480. The van der Waals surface area contributed by atoms with Gasteiger partial charge in [-0.25, -0.2) is 0 Å². The fourth-order valence-corrected chi connectivity index (χ4v) is 7.11. The van der Waals surface area contributed by atoms with E-state index in [1.54, 1.807) is 0 Å². The molecule has 0 N–H and O–H groups in total. The molecule has 2 aromatic heterocycles. The summed E-state index contributed by atoms with van der Waals surface area (Å²) < 4.78 is 4.58. The highest BCUT2D eigenvalue weighted by atomic mass is 16.1. The lowest BCUT2D eigenvalue weighted by Crippen LogP contribution is -2.02. The predicted molar refractivity (Wildman–Crippen MR) is 195 cm³/mol. The molecule has 7 aromatic carbocycles. The molecule has 0 aliphatic carbocycles. The Morgan fingerprint density at radius 2 is 0.646 bits per heavy atom. The molecule has 0 bridgehead atoms. The van der Waals surface area contributed by atoms with Gasteiger partial charge in [-0.3, -0.25) is 9.59 Å². The first-order valence-electron chi connectivity index (χ1n) is 16.0. The molecule has 0 fully saturated rings. The molecule has 0 spiro atoms. The Kier molecular flexibility index (Phi) is 6.41. The Labute approximate surface area is 276 Å². The van der Waals surface area contributed by atoms with Gasteiger partial charge in [-0.05, 0) is 72.8 Å². The molecular weight excluding hydrogens is 588 g/mol. The second kappa shape index (κ2) is 11.1. The zero-order valence-electron chi connectivity index (χ0n) is 25.9. The minimum absolute atomic E-state index is 0.0105. The van der Waals surface area contributed by atoms with E-state index in [2.05, 4.69) is 69.8 Å². The van der Waals surface area contributed by atoms with E-state index in [0.717, 1.165) is 44.2 Å². The van der Waals surface area contributed by atoms with Crippen LogP contribution in [-0.2, 0) is 0 Å². The maximum absolute atomic E-state index is 13.2. The van der Waals surface area contributed by atoms with Crippen LogP contribution in [0.3, 0.4) is 0 Å². The maximum atomic E-state index is 13.2. The van der Waals surface area contributed by atoms with Gasteiger partial charge in [0.05, 0.1) is 22.1 Å². The Balaban J connectivity index is 1.22. The lowest BCUT2D eigenvalue weighted by molar-refractivity contribution is 0.103. The SMILES string of the molecule is O=C(c1ccccc1)c1ccc(-n2c3ccccc3c3c4c5ccccc5n(-c5ccc(C(=O)c6ccccc6)cc5)c4ccc32)cc1. The molecule has 226 valence electrons. The van der Waals surface area contributed by atoms with Gasteiger partial charge in [-0.2, -0.15) is 0 Å². The lowest BCUT2D eigenvalue weighted by atomic mass is 10.0. The zero-order valence-corrected chi connectivity index (χ0v) is 25.9. The number of nitrogens with zero attached hydrogens (tertiary/aromatic N) is 2. The van der Waals surface area contributed by atoms with Crippen molar-refractivity contribution in [3.63, 3.8) is 0 Å². The molecule has 0 radical (unpaired) electrons. The topological polar surface area (TPSA) is 44.0 Å². The fourth-order valence-electron chi connectivity index (χ4n) is 7.11. The molecule has 9 rings (SSSR count). The van der Waals surface area contributed by atoms with E-state index in [4.69, 9.17) is 0 Å². The fraction of sp³-hybridized carbons (Fsp3) is 0. The third kappa shape index (κ3) is 4.31. The van der Waals surface area contributed by atoms with E-state index in [9.17, 15) is 9.59 Å². The molecule has 0 saturated carbocycles. The molecule has 0 unspecified atom stereocenters. The van der Waals surface area contributed by atoms with Crippen molar-refractivity contribution >= 4 is 55.2 Å². The van der Waals surface area contributed by atoms with Gasteiger partial charge < -0.3 is 9.13 Å². The summed E-state index contributed by atoms with van der Waals surface area (Å²) in [6, 6.07) is 56.0. The molecule has 0 saturated heterocycles. The molecule has 9 aromatic rings. The molecule has 0 atom stereocenters. The van der Waals surface area contributed by atoms with Gasteiger partial charge >= 0.3 is 0 Å². The van der Waals surface area contributed by atoms with Crippen LogP contribution in [0.4, 0.5) is 0 Å². The van der Waals surface area contributed by atoms with Crippen LogP contribution < -0.4 is 0 Å². The number of hydrogen-bond acceptors (Lipinski definition) is 2. The number of hydrogen-bond donors (Lipinski definition) is 0. The van der Waals surface area contributed by atoms with E-state index in [-0.39, 0.29) is 11.6 Å². The minimum atomic E-state index is 0.0105. The summed E-state index contributed by atoms with van der Waals surface area (Å²) in [5, 5.41) is 4.68. The molecule has 2 heterocycles. The van der Waals surface area contributed by atoms with Crippen LogP contribution in [0.2, 0.25) is 0 Å². The molecule has 0 aliphatic rings. The largest absolute Gasteiger partial charge is 0.309 e. The summed E-state index contributed by atoms with van der Waals surface area (Å²) in [7, 11) is 0. The second-order valence-electron chi connectivity index (χ2n) is 12.0. The minimum Gasteiger partial charge on any atom is -0.309 e. The molecule has 0 aliphatic heterocycles. The van der Waals surface area contributed by atoms with Crippen molar-refractivity contribution < 1.29 is 9.59 Å². The smallest absolute Gasteiger partial charge is 0.193 e. The van der Waals surface area contributed by atoms with E-state index < -0.39 is 0 Å². The summed E-state index contributed by atoms with van der Waals surface area (Å²) in [5.74, 6) is 0.0210. The average Bonchev–Trinajstić information content (AvgIpc) is 3.68.